The van der Waals surface area contributed by atoms with Gasteiger partial charge in [-0.25, -0.2) is 16.8 Å². The van der Waals surface area contributed by atoms with Crippen molar-refractivity contribution < 1.29 is 21.6 Å². The maximum Gasteiger partial charge on any atom is 0.263 e. The number of hydrogen-bond donors (Lipinski definition) is 2. The van der Waals surface area contributed by atoms with Gasteiger partial charge in [0.15, 0.2) is 9.84 Å². The number of carbonyl (C=O) groups excluding carboxylic acids is 1. The fourth-order valence-corrected chi connectivity index (χ4v) is 5.52. The first kappa shape index (κ1) is 21.8. The molecular weight excluding hydrogens is 448 g/mol. The summed E-state index contributed by atoms with van der Waals surface area (Å²) in [6, 6.07) is 17.7. The molecule has 0 saturated carbocycles. The molecule has 0 bridgehead atoms. The minimum atomic E-state index is -4.29. The number of carbonyl (C=O) groups is 1. The van der Waals surface area contributed by atoms with E-state index in [0.29, 0.717) is 10.7 Å². The maximum absolute atomic E-state index is 12.9. The minimum Gasteiger partial charge on any atom is -0.322 e. The molecule has 7 nitrogen and oxygen atoms in total. The summed E-state index contributed by atoms with van der Waals surface area (Å²) in [5.74, 6) is -0.549. The molecule has 0 aliphatic heterocycles. The van der Waals surface area contributed by atoms with Crippen molar-refractivity contribution in [2.45, 2.75) is 9.79 Å². The van der Waals surface area contributed by atoms with Gasteiger partial charge in [0, 0.05) is 17.0 Å². The first-order chi connectivity index (χ1) is 14.1. The number of nitrogens with one attached hydrogen (secondary N) is 2. The van der Waals surface area contributed by atoms with E-state index in [4.69, 9.17) is 11.6 Å². The summed E-state index contributed by atoms with van der Waals surface area (Å²) in [6.45, 7) is 0. The van der Waals surface area contributed by atoms with Crippen molar-refractivity contribution in [3.05, 3.63) is 83.4 Å². The van der Waals surface area contributed by atoms with Crippen molar-refractivity contribution in [1.29, 1.82) is 0 Å². The van der Waals surface area contributed by atoms with Crippen LogP contribution in [0, 0.1) is 0 Å². The standard InChI is InChI=1S/C20H17ClN2O5S2/c1-29(25,26)18-8-4-5-9-19(18)30(27,28)23-17-7-3-2-6-16(17)20(24)22-15-12-10-14(21)11-13-15/h2-13,23H,1H3,(H,22,24). The molecule has 3 rings (SSSR count). The van der Waals surface area contributed by atoms with Crippen molar-refractivity contribution >= 4 is 48.7 Å². The second kappa shape index (κ2) is 8.47. The average molecular weight is 465 g/mol. The van der Waals surface area contributed by atoms with Crippen LogP contribution in [0.4, 0.5) is 11.4 Å². The van der Waals surface area contributed by atoms with E-state index >= 15 is 0 Å². The van der Waals surface area contributed by atoms with E-state index in [0.717, 1.165) is 6.26 Å². The van der Waals surface area contributed by atoms with Crippen LogP contribution < -0.4 is 10.0 Å². The van der Waals surface area contributed by atoms with Crippen LogP contribution in [0.1, 0.15) is 10.4 Å². The van der Waals surface area contributed by atoms with Crippen LogP contribution in [0.15, 0.2) is 82.6 Å². The van der Waals surface area contributed by atoms with Crippen LogP contribution >= 0.6 is 11.6 Å². The Hall–Kier alpha value is -2.88. The van der Waals surface area contributed by atoms with Crippen LogP contribution in [0.25, 0.3) is 0 Å². The number of anilines is 2. The summed E-state index contributed by atoms with van der Waals surface area (Å²) in [7, 11) is -8.08. The normalized spacial score (nSPS) is 11.7. The SMILES string of the molecule is CS(=O)(=O)c1ccccc1S(=O)(=O)Nc1ccccc1C(=O)Nc1ccc(Cl)cc1. The van der Waals surface area contributed by atoms with Crippen LogP contribution in [0.2, 0.25) is 5.02 Å². The number of benzene rings is 3. The summed E-state index contributed by atoms with van der Waals surface area (Å²) in [6.07, 6.45) is 0.925. The van der Waals surface area contributed by atoms with E-state index in [9.17, 15) is 21.6 Å². The monoisotopic (exact) mass is 464 g/mol. The predicted molar refractivity (Wildman–Crippen MR) is 116 cm³/mol. The molecule has 3 aromatic rings. The largest absolute Gasteiger partial charge is 0.322 e. The van der Waals surface area contributed by atoms with Gasteiger partial charge in [-0.3, -0.25) is 9.52 Å². The number of amides is 1. The Morgan fingerprint density at radius 1 is 0.800 bits per heavy atom. The van der Waals surface area contributed by atoms with Crippen LogP contribution in [0.3, 0.4) is 0 Å². The molecule has 10 heteroatoms. The van der Waals surface area contributed by atoms with E-state index < -0.39 is 30.7 Å². The lowest BCUT2D eigenvalue weighted by atomic mass is 10.1. The first-order valence-corrected chi connectivity index (χ1v) is 12.3. The molecule has 0 fully saturated rings. The summed E-state index contributed by atoms with van der Waals surface area (Å²) >= 11 is 5.83. The molecule has 0 unspecified atom stereocenters. The molecule has 0 heterocycles. The lowest BCUT2D eigenvalue weighted by Gasteiger charge is -2.14. The first-order valence-electron chi connectivity index (χ1n) is 8.56. The van der Waals surface area contributed by atoms with Gasteiger partial charge in [0.25, 0.3) is 15.9 Å². The zero-order valence-electron chi connectivity index (χ0n) is 15.7. The topological polar surface area (TPSA) is 109 Å². The Balaban J connectivity index is 1.95. The third-order valence-corrected chi connectivity index (χ3v) is 7.02. The molecule has 0 spiro atoms. The van der Waals surface area contributed by atoms with E-state index in [2.05, 4.69) is 10.0 Å². The molecule has 0 aromatic heterocycles. The van der Waals surface area contributed by atoms with Gasteiger partial charge < -0.3 is 5.32 Å². The molecule has 0 atom stereocenters. The van der Waals surface area contributed by atoms with Crippen molar-refractivity contribution in [1.82, 2.24) is 0 Å². The number of rotatable bonds is 6. The molecule has 2 N–H and O–H groups in total. The molecular formula is C20H17ClN2O5S2. The number of hydrogen-bond acceptors (Lipinski definition) is 5. The Morgan fingerprint density at radius 2 is 1.37 bits per heavy atom. The van der Waals surface area contributed by atoms with Gasteiger partial charge in [0.2, 0.25) is 0 Å². The maximum atomic E-state index is 12.9. The highest BCUT2D eigenvalue weighted by atomic mass is 35.5. The smallest absolute Gasteiger partial charge is 0.263 e. The molecule has 156 valence electrons. The Bertz CT molecular complexity index is 1310. The van der Waals surface area contributed by atoms with E-state index in [1.165, 1.54) is 36.4 Å². The average Bonchev–Trinajstić information content (AvgIpc) is 2.69. The van der Waals surface area contributed by atoms with Gasteiger partial charge >= 0.3 is 0 Å². The number of sulfone groups is 1. The van der Waals surface area contributed by atoms with Gasteiger partial charge in [0.1, 0.15) is 4.90 Å². The fourth-order valence-electron chi connectivity index (χ4n) is 2.68. The number of sulfonamides is 1. The number of para-hydroxylation sites is 1. The van der Waals surface area contributed by atoms with Crippen molar-refractivity contribution in [2.24, 2.45) is 0 Å². The second-order valence-electron chi connectivity index (χ2n) is 6.33. The van der Waals surface area contributed by atoms with Gasteiger partial charge in [-0.2, -0.15) is 0 Å². The van der Waals surface area contributed by atoms with Crippen LogP contribution in [-0.4, -0.2) is 29.0 Å². The predicted octanol–water partition coefficient (Wildman–Crippen LogP) is 3.80. The molecule has 0 aliphatic rings. The molecule has 3 aromatic carbocycles. The summed E-state index contributed by atoms with van der Waals surface area (Å²) < 4.78 is 52.1. The summed E-state index contributed by atoms with van der Waals surface area (Å²) in [4.78, 5) is 12.0. The van der Waals surface area contributed by atoms with Gasteiger partial charge in [-0.1, -0.05) is 35.9 Å². The van der Waals surface area contributed by atoms with E-state index in [1.807, 2.05) is 0 Å². The summed E-state index contributed by atoms with van der Waals surface area (Å²) in [5.41, 5.74) is 0.546. The van der Waals surface area contributed by atoms with E-state index in [1.54, 1.807) is 36.4 Å². The van der Waals surface area contributed by atoms with Gasteiger partial charge in [-0.15, -0.1) is 0 Å². The Labute approximate surface area is 179 Å². The zero-order valence-corrected chi connectivity index (χ0v) is 18.1. The molecule has 0 saturated heterocycles. The lowest BCUT2D eigenvalue weighted by Crippen LogP contribution is -2.20. The zero-order chi connectivity index (χ0) is 21.9. The minimum absolute atomic E-state index is 0.00673. The second-order valence-corrected chi connectivity index (χ2v) is 10.4. The van der Waals surface area contributed by atoms with Gasteiger partial charge in [0.05, 0.1) is 16.1 Å². The van der Waals surface area contributed by atoms with Crippen molar-refractivity contribution in [3.8, 4) is 0 Å². The van der Waals surface area contributed by atoms with Crippen molar-refractivity contribution in [2.75, 3.05) is 16.3 Å². The fraction of sp³-hybridized carbons (Fsp3) is 0.0500. The lowest BCUT2D eigenvalue weighted by molar-refractivity contribution is 0.102. The highest BCUT2D eigenvalue weighted by Crippen LogP contribution is 2.25. The third-order valence-electron chi connectivity index (χ3n) is 4.06. The molecule has 0 aliphatic carbocycles. The molecule has 1 amide bonds. The van der Waals surface area contributed by atoms with E-state index in [-0.39, 0.29) is 16.1 Å². The van der Waals surface area contributed by atoms with Crippen LogP contribution in [-0.2, 0) is 19.9 Å². The third kappa shape index (κ3) is 4.99. The quantitative estimate of drug-likeness (QED) is 0.576. The Kier molecular flexibility index (Phi) is 6.16. The van der Waals surface area contributed by atoms with Crippen LogP contribution in [0.5, 0.6) is 0 Å². The Morgan fingerprint density at radius 3 is 2.00 bits per heavy atom. The summed E-state index contributed by atoms with van der Waals surface area (Å²) in [5, 5.41) is 3.16. The van der Waals surface area contributed by atoms with Crippen molar-refractivity contribution in [3.63, 3.8) is 0 Å². The highest BCUT2D eigenvalue weighted by Gasteiger charge is 2.25. The molecule has 0 radical (unpaired) electrons. The highest BCUT2D eigenvalue weighted by molar-refractivity contribution is 7.95. The van der Waals surface area contributed by atoms with Gasteiger partial charge in [-0.05, 0) is 48.5 Å². The number of halogens is 1. The molecule has 30 heavy (non-hydrogen) atoms.